The minimum absolute atomic E-state index is 0.290. The summed E-state index contributed by atoms with van der Waals surface area (Å²) in [5.74, 6) is 1.21. The topological polar surface area (TPSA) is 95.7 Å². The third kappa shape index (κ3) is 2.91. The lowest BCUT2D eigenvalue weighted by atomic mass is 9.88. The number of hydrogen-bond acceptors (Lipinski definition) is 7. The van der Waals surface area contributed by atoms with E-state index in [0.717, 1.165) is 0 Å². The van der Waals surface area contributed by atoms with E-state index in [0.29, 0.717) is 56.4 Å². The number of benzene rings is 2. The molecule has 0 saturated heterocycles. The van der Waals surface area contributed by atoms with Crippen molar-refractivity contribution in [2.75, 3.05) is 0 Å². The second-order valence-electron chi connectivity index (χ2n) is 8.29. The van der Waals surface area contributed by atoms with Gasteiger partial charge in [-0.05, 0) is 55.5 Å². The van der Waals surface area contributed by atoms with Crippen molar-refractivity contribution in [1.29, 1.82) is 0 Å². The molecule has 0 N–H and O–H groups in total. The summed E-state index contributed by atoms with van der Waals surface area (Å²) in [5.41, 5.74) is 1.77. The highest BCUT2D eigenvalue weighted by Crippen LogP contribution is 2.49. The van der Waals surface area contributed by atoms with Crippen LogP contribution >= 0.6 is 0 Å². The minimum Gasteiger partial charge on any atom is -0.465 e. The van der Waals surface area contributed by atoms with E-state index in [-0.39, 0.29) is 11.7 Å². The largest absolute Gasteiger partial charge is 0.465 e. The summed E-state index contributed by atoms with van der Waals surface area (Å²) in [6.45, 7) is 1.83. The van der Waals surface area contributed by atoms with Crippen molar-refractivity contribution in [2.45, 2.75) is 12.8 Å². The molecule has 0 aliphatic carbocycles. The number of para-hydroxylation sites is 1. The van der Waals surface area contributed by atoms with Gasteiger partial charge in [0.05, 0.1) is 22.4 Å². The van der Waals surface area contributed by atoms with Gasteiger partial charge in [-0.3, -0.25) is 0 Å². The van der Waals surface area contributed by atoms with Crippen LogP contribution in [0.3, 0.4) is 0 Å². The fraction of sp³-hybridized carbons (Fsp3) is 0.0769. The highest BCUT2D eigenvalue weighted by molar-refractivity contribution is 5.86. The third-order valence-electron chi connectivity index (χ3n) is 6.11. The zero-order chi connectivity index (χ0) is 23.7. The fourth-order valence-electron chi connectivity index (χ4n) is 4.54. The number of hydrogen-bond donors (Lipinski definition) is 0. The molecule has 2 aromatic carbocycles. The molecule has 0 spiro atoms. The lowest BCUT2D eigenvalue weighted by molar-refractivity contribution is 0.402. The second-order valence-corrected chi connectivity index (χ2v) is 8.29. The first-order valence-corrected chi connectivity index (χ1v) is 10.9. The summed E-state index contributed by atoms with van der Waals surface area (Å²) in [5, 5.41) is 5.16. The van der Waals surface area contributed by atoms with Crippen LogP contribution < -0.4 is 10.4 Å². The van der Waals surface area contributed by atoms with Gasteiger partial charge >= 0.3 is 5.63 Å². The van der Waals surface area contributed by atoms with Gasteiger partial charge in [-0.1, -0.05) is 12.1 Å². The number of aromatic nitrogens is 4. The molecule has 6 aromatic rings. The Morgan fingerprint density at radius 3 is 2.60 bits per heavy atom. The number of fused-ring (bicyclic) bond motifs is 6. The first-order valence-electron chi connectivity index (χ1n) is 10.9. The monoisotopic (exact) mass is 466 g/mol. The Morgan fingerprint density at radius 2 is 1.80 bits per heavy atom. The summed E-state index contributed by atoms with van der Waals surface area (Å²) in [6, 6.07) is 16.7. The molecule has 0 fully saturated rings. The molecular weight excluding hydrogens is 451 g/mol. The molecule has 0 radical (unpaired) electrons. The number of nitrogens with zero attached hydrogens (tertiary/aromatic N) is 4. The van der Waals surface area contributed by atoms with Crippen LogP contribution in [0, 0.1) is 12.7 Å². The van der Waals surface area contributed by atoms with Gasteiger partial charge in [-0.2, -0.15) is 0 Å². The number of halogens is 1. The number of furan rings is 1. The minimum atomic E-state index is -0.690. The first kappa shape index (κ1) is 19.7. The molecular formula is C26H15FN4O4. The Labute approximate surface area is 196 Å². The van der Waals surface area contributed by atoms with E-state index in [2.05, 4.69) is 10.1 Å². The average Bonchev–Trinajstić information content (AvgIpc) is 3.49. The van der Waals surface area contributed by atoms with Gasteiger partial charge in [-0.15, -0.1) is 5.10 Å². The molecule has 9 heteroatoms. The summed E-state index contributed by atoms with van der Waals surface area (Å²) < 4.78 is 32.8. The van der Waals surface area contributed by atoms with Crippen LogP contribution in [0.5, 0.6) is 11.6 Å². The highest BCUT2D eigenvalue weighted by Gasteiger charge is 2.39. The molecule has 8 nitrogen and oxygen atoms in total. The number of aryl methyl sites for hydroxylation is 1. The standard InChI is InChI=1S/C26H15FN4O4/c1-13-6-11-18(33-13)19-20-22(16-4-2-3-5-17(16)34-26(20)32)35-25-21(19)24-29-23(30-31(24)12-28-25)14-7-9-15(27)10-8-14/h2-12,19H,1H3. The van der Waals surface area contributed by atoms with E-state index >= 15 is 0 Å². The maximum Gasteiger partial charge on any atom is 0.344 e. The molecule has 1 aliphatic rings. The van der Waals surface area contributed by atoms with Crippen molar-refractivity contribution >= 4 is 16.6 Å². The Kier molecular flexibility index (Phi) is 3.99. The third-order valence-corrected chi connectivity index (χ3v) is 6.11. The van der Waals surface area contributed by atoms with E-state index in [1.807, 2.05) is 31.2 Å². The Morgan fingerprint density at radius 1 is 0.971 bits per heavy atom. The SMILES string of the molecule is Cc1ccc(C2c3c(c4ccccc4oc3=O)Oc3ncn4nc(-c5ccc(F)cc5)nc4c32)o1. The molecule has 4 aromatic heterocycles. The molecule has 170 valence electrons. The van der Waals surface area contributed by atoms with E-state index in [4.69, 9.17) is 18.6 Å². The maximum absolute atomic E-state index is 13.4. The van der Waals surface area contributed by atoms with Gasteiger partial charge in [-0.25, -0.2) is 23.7 Å². The predicted molar refractivity (Wildman–Crippen MR) is 123 cm³/mol. The molecule has 0 saturated carbocycles. The van der Waals surface area contributed by atoms with Gasteiger partial charge < -0.3 is 13.6 Å². The molecule has 7 rings (SSSR count). The fourth-order valence-corrected chi connectivity index (χ4v) is 4.54. The van der Waals surface area contributed by atoms with Gasteiger partial charge in [0.1, 0.15) is 29.2 Å². The van der Waals surface area contributed by atoms with Crippen LogP contribution in [0.2, 0.25) is 0 Å². The van der Waals surface area contributed by atoms with Gasteiger partial charge in [0.15, 0.2) is 17.2 Å². The summed E-state index contributed by atoms with van der Waals surface area (Å²) in [6.07, 6.45) is 1.50. The maximum atomic E-state index is 13.4. The first-order chi connectivity index (χ1) is 17.1. The molecule has 1 aliphatic heterocycles. The smallest absolute Gasteiger partial charge is 0.344 e. The van der Waals surface area contributed by atoms with Crippen molar-refractivity contribution in [1.82, 2.24) is 19.6 Å². The lowest BCUT2D eigenvalue weighted by Crippen LogP contribution is -2.22. The van der Waals surface area contributed by atoms with Gasteiger partial charge in [0.2, 0.25) is 5.88 Å². The molecule has 0 bridgehead atoms. The van der Waals surface area contributed by atoms with Crippen molar-refractivity contribution in [3.63, 3.8) is 0 Å². The number of ether oxygens (including phenoxy) is 1. The van der Waals surface area contributed by atoms with Crippen molar-refractivity contribution in [3.8, 4) is 23.0 Å². The van der Waals surface area contributed by atoms with Gasteiger partial charge in [0.25, 0.3) is 0 Å². The highest BCUT2D eigenvalue weighted by atomic mass is 19.1. The lowest BCUT2D eigenvalue weighted by Gasteiger charge is -2.25. The van der Waals surface area contributed by atoms with E-state index in [9.17, 15) is 9.18 Å². The Balaban J connectivity index is 1.54. The zero-order valence-electron chi connectivity index (χ0n) is 18.2. The van der Waals surface area contributed by atoms with Crippen LogP contribution in [-0.4, -0.2) is 19.6 Å². The van der Waals surface area contributed by atoms with E-state index < -0.39 is 11.5 Å². The summed E-state index contributed by atoms with van der Waals surface area (Å²) >= 11 is 0. The van der Waals surface area contributed by atoms with E-state index in [1.165, 1.54) is 23.0 Å². The molecule has 1 unspecified atom stereocenters. The predicted octanol–water partition coefficient (Wildman–Crippen LogP) is 5.22. The summed E-state index contributed by atoms with van der Waals surface area (Å²) in [7, 11) is 0. The van der Waals surface area contributed by atoms with Crippen LogP contribution in [-0.2, 0) is 0 Å². The second kappa shape index (κ2) is 7.10. The molecule has 5 heterocycles. The van der Waals surface area contributed by atoms with Crippen LogP contribution in [0.4, 0.5) is 4.39 Å². The quantitative estimate of drug-likeness (QED) is 0.322. The van der Waals surface area contributed by atoms with Crippen LogP contribution in [0.25, 0.3) is 28.0 Å². The van der Waals surface area contributed by atoms with Crippen molar-refractivity contribution in [3.05, 3.63) is 106 Å². The van der Waals surface area contributed by atoms with Crippen LogP contribution in [0.1, 0.15) is 28.6 Å². The molecule has 1 atom stereocenters. The van der Waals surface area contributed by atoms with Crippen LogP contribution in [0.15, 0.2) is 80.6 Å². The van der Waals surface area contributed by atoms with E-state index in [1.54, 1.807) is 24.3 Å². The summed E-state index contributed by atoms with van der Waals surface area (Å²) in [4.78, 5) is 22.5. The average molecular weight is 466 g/mol. The Bertz CT molecular complexity index is 1830. The van der Waals surface area contributed by atoms with Crippen molar-refractivity contribution in [2.24, 2.45) is 0 Å². The molecule has 0 amide bonds. The number of rotatable bonds is 2. The zero-order valence-corrected chi connectivity index (χ0v) is 18.2. The van der Waals surface area contributed by atoms with Crippen molar-refractivity contribution < 1.29 is 18.0 Å². The van der Waals surface area contributed by atoms with Gasteiger partial charge in [0, 0.05) is 5.56 Å². The normalized spacial score (nSPS) is 14.6. The molecule has 35 heavy (non-hydrogen) atoms. The Hall–Kier alpha value is -4.79.